The van der Waals surface area contributed by atoms with Crippen LogP contribution in [0.3, 0.4) is 0 Å². The van der Waals surface area contributed by atoms with Gasteiger partial charge in [0.1, 0.15) is 10.7 Å². The molecule has 0 atom stereocenters. The average Bonchev–Trinajstić information content (AvgIpc) is 3.06. The highest BCUT2D eigenvalue weighted by Crippen LogP contribution is 2.44. The van der Waals surface area contributed by atoms with E-state index < -0.39 is 25.7 Å². The summed E-state index contributed by atoms with van der Waals surface area (Å²) in [5, 5.41) is 2.67. The topological polar surface area (TPSA) is 63.2 Å². The normalized spacial score (nSPS) is 16.8. The van der Waals surface area contributed by atoms with Gasteiger partial charge in [0.15, 0.2) is 0 Å². The Morgan fingerprint density at radius 2 is 2.10 bits per heavy atom. The van der Waals surface area contributed by atoms with Crippen molar-refractivity contribution in [3.8, 4) is 0 Å². The standard InChI is InChI=1S/C12H12BrClFNO3S/c1-12(2-3-12)6-16-11(17)7-4-8(15)10(13)9(5-7)20(14,18)19/h4-5H,2-3,6H2,1H3,(H,16,17). The molecule has 1 aliphatic rings. The highest BCUT2D eigenvalue weighted by molar-refractivity contribution is 9.10. The van der Waals surface area contributed by atoms with Gasteiger partial charge in [0.25, 0.3) is 15.0 Å². The number of carbonyl (C=O) groups excluding carboxylic acids is 1. The molecule has 0 aliphatic heterocycles. The van der Waals surface area contributed by atoms with Gasteiger partial charge in [-0.05, 0) is 46.3 Å². The maximum atomic E-state index is 13.7. The predicted octanol–water partition coefficient (Wildman–Crippen LogP) is 3.05. The van der Waals surface area contributed by atoms with Crippen LogP contribution < -0.4 is 5.32 Å². The van der Waals surface area contributed by atoms with Crippen molar-refractivity contribution in [3.63, 3.8) is 0 Å². The lowest BCUT2D eigenvalue weighted by atomic mass is 10.1. The Morgan fingerprint density at radius 3 is 2.60 bits per heavy atom. The first-order valence-electron chi connectivity index (χ1n) is 5.84. The zero-order valence-electron chi connectivity index (χ0n) is 10.5. The van der Waals surface area contributed by atoms with Gasteiger partial charge in [-0.2, -0.15) is 0 Å². The fraction of sp³-hybridized carbons (Fsp3) is 0.417. The fourth-order valence-electron chi connectivity index (χ4n) is 1.66. The number of carbonyl (C=O) groups is 1. The summed E-state index contributed by atoms with van der Waals surface area (Å²) >= 11 is 2.81. The summed E-state index contributed by atoms with van der Waals surface area (Å²) in [6, 6.07) is 2.03. The van der Waals surface area contributed by atoms with E-state index in [0.717, 1.165) is 25.0 Å². The van der Waals surface area contributed by atoms with Crippen LogP contribution in [0.1, 0.15) is 30.1 Å². The maximum absolute atomic E-state index is 13.7. The van der Waals surface area contributed by atoms with E-state index in [2.05, 4.69) is 21.2 Å². The van der Waals surface area contributed by atoms with Crippen molar-refractivity contribution in [2.45, 2.75) is 24.7 Å². The summed E-state index contributed by atoms with van der Waals surface area (Å²) in [6.07, 6.45) is 2.06. The summed E-state index contributed by atoms with van der Waals surface area (Å²) in [6.45, 7) is 2.51. The molecule has 1 aliphatic carbocycles. The summed E-state index contributed by atoms with van der Waals surface area (Å²) in [5.74, 6) is -1.37. The largest absolute Gasteiger partial charge is 0.351 e. The number of hydrogen-bond acceptors (Lipinski definition) is 3. The molecule has 2 rings (SSSR count). The first-order valence-corrected chi connectivity index (χ1v) is 8.95. The van der Waals surface area contributed by atoms with Gasteiger partial charge in [0.05, 0.1) is 4.47 Å². The molecule has 1 aromatic rings. The molecule has 4 nitrogen and oxygen atoms in total. The first-order chi connectivity index (χ1) is 9.12. The van der Waals surface area contributed by atoms with Gasteiger partial charge in [-0.3, -0.25) is 4.79 Å². The molecule has 1 saturated carbocycles. The van der Waals surface area contributed by atoms with E-state index in [9.17, 15) is 17.6 Å². The molecule has 8 heteroatoms. The predicted molar refractivity (Wildman–Crippen MR) is 76.8 cm³/mol. The van der Waals surface area contributed by atoms with Crippen LogP contribution in [-0.2, 0) is 9.05 Å². The lowest BCUT2D eigenvalue weighted by molar-refractivity contribution is 0.0945. The molecule has 1 N–H and O–H groups in total. The molecular formula is C12H12BrClFNO3S. The zero-order chi connectivity index (χ0) is 15.1. The van der Waals surface area contributed by atoms with Crippen LogP contribution in [0.15, 0.2) is 21.5 Å². The first kappa shape index (κ1) is 15.7. The van der Waals surface area contributed by atoms with Crippen LogP contribution in [0.4, 0.5) is 4.39 Å². The van der Waals surface area contributed by atoms with Gasteiger partial charge in [0.2, 0.25) is 0 Å². The second-order valence-electron chi connectivity index (χ2n) is 5.20. The van der Waals surface area contributed by atoms with E-state index >= 15 is 0 Å². The zero-order valence-corrected chi connectivity index (χ0v) is 13.7. The quantitative estimate of drug-likeness (QED) is 0.812. The van der Waals surface area contributed by atoms with Crippen molar-refractivity contribution >= 4 is 41.6 Å². The number of hydrogen-bond donors (Lipinski definition) is 1. The van der Waals surface area contributed by atoms with Gasteiger partial charge >= 0.3 is 0 Å². The van der Waals surface area contributed by atoms with Crippen molar-refractivity contribution in [1.82, 2.24) is 5.32 Å². The molecule has 0 bridgehead atoms. The van der Waals surface area contributed by atoms with Crippen LogP contribution in [0.5, 0.6) is 0 Å². The van der Waals surface area contributed by atoms with Crippen LogP contribution in [0.2, 0.25) is 0 Å². The van der Waals surface area contributed by atoms with E-state index in [-0.39, 0.29) is 15.5 Å². The molecule has 0 unspecified atom stereocenters. The summed E-state index contributed by atoms with van der Waals surface area (Å²) in [4.78, 5) is 11.5. The summed E-state index contributed by atoms with van der Waals surface area (Å²) < 4.78 is 36.1. The number of rotatable bonds is 4. The molecule has 1 amide bonds. The molecule has 0 spiro atoms. The van der Waals surface area contributed by atoms with Crippen molar-refractivity contribution in [3.05, 3.63) is 28.0 Å². The third-order valence-corrected chi connectivity index (χ3v) is 5.71. The Kier molecular flexibility index (Phi) is 4.15. The monoisotopic (exact) mass is 383 g/mol. The Balaban J connectivity index is 2.28. The van der Waals surface area contributed by atoms with Crippen LogP contribution in [-0.4, -0.2) is 20.9 Å². The number of benzene rings is 1. The van der Waals surface area contributed by atoms with Gasteiger partial charge in [-0.25, -0.2) is 12.8 Å². The third-order valence-electron chi connectivity index (χ3n) is 3.30. The highest BCUT2D eigenvalue weighted by atomic mass is 79.9. The maximum Gasteiger partial charge on any atom is 0.262 e. The second-order valence-corrected chi connectivity index (χ2v) is 8.53. The molecule has 0 radical (unpaired) electrons. The van der Waals surface area contributed by atoms with Gasteiger partial charge < -0.3 is 5.32 Å². The van der Waals surface area contributed by atoms with Gasteiger partial charge in [0, 0.05) is 22.8 Å². The summed E-state index contributed by atoms with van der Waals surface area (Å²) in [5.41, 5.74) is 0.0273. The molecule has 1 aromatic carbocycles. The molecule has 0 heterocycles. The van der Waals surface area contributed by atoms with E-state index in [1.54, 1.807) is 0 Å². The molecule has 20 heavy (non-hydrogen) atoms. The van der Waals surface area contributed by atoms with Crippen LogP contribution in [0, 0.1) is 11.2 Å². The molecule has 110 valence electrons. The van der Waals surface area contributed by atoms with E-state index in [1.807, 2.05) is 6.92 Å². The average molecular weight is 385 g/mol. The smallest absolute Gasteiger partial charge is 0.262 e. The molecule has 0 aromatic heterocycles. The van der Waals surface area contributed by atoms with Crippen molar-refractivity contribution in [1.29, 1.82) is 0 Å². The fourth-order valence-corrected chi connectivity index (χ4v) is 3.75. The minimum Gasteiger partial charge on any atom is -0.351 e. The summed E-state index contributed by atoms with van der Waals surface area (Å²) in [7, 11) is 1.08. The number of amides is 1. The highest BCUT2D eigenvalue weighted by Gasteiger charge is 2.37. The Labute approximate surface area is 129 Å². The van der Waals surface area contributed by atoms with E-state index in [0.29, 0.717) is 6.54 Å². The molecule has 0 saturated heterocycles. The lowest BCUT2D eigenvalue weighted by Crippen LogP contribution is -2.29. The Bertz CT molecular complexity index is 674. The van der Waals surface area contributed by atoms with Gasteiger partial charge in [-0.15, -0.1) is 0 Å². The minimum atomic E-state index is -4.14. The SMILES string of the molecule is CC1(CNC(=O)c2cc(F)c(Br)c(S(=O)(=O)Cl)c2)CC1. The lowest BCUT2D eigenvalue weighted by Gasteiger charge is -2.11. The molecule has 1 fully saturated rings. The number of nitrogens with one attached hydrogen (secondary N) is 1. The van der Waals surface area contributed by atoms with Crippen LogP contribution in [0.25, 0.3) is 0 Å². The van der Waals surface area contributed by atoms with E-state index in [4.69, 9.17) is 10.7 Å². The van der Waals surface area contributed by atoms with Crippen LogP contribution >= 0.6 is 26.6 Å². The number of halogens is 3. The van der Waals surface area contributed by atoms with E-state index in [1.165, 1.54) is 0 Å². The Morgan fingerprint density at radius 1 is 1.50 bits per heavy atom. The van der Waals surface area contributed by atoms with Gasteiger partial charge in [-0.1, -0.05) is 6.92 Å². The third kappa shape index (κ3) is 3.51. The van der Waals surface area contributed by atoms with Crippen molar-refractivity contribution in [2.24, 2.45) is 5.41 Å². The molecular weight excluding hydrogens is 373 g/mol. The van der Waals surface area contributed by atoms with Crippen molar-refractivity contribution in [2.75, 3.05) is 6.54 Å². The Hall–Kier alpha value is -0.660. The second kappa shape index (κ2) is 5.27. The van der Waals surface area contributed by atoms with Crippen molar-refractivity contribution < 1.29 is 17.6 Å². The minimum absolute atomic E-state index is 0.0748.